The largest absolute Gasteiger partial charge is 0.343 e. The number of piperidine rings is 1. The molecular formula is C22H24N2O. The lowest BCUT2D eigenvalue weighted by Crippen LogP contribution is -2.36. The van der Waals surface area contributed by atoms with E-state index in [0.717, 1.165) is 25.9 Å². The fraction of sp³-hybridized carbons (Fsp3) is 0.318. The van der Waals surface area contributed by atoms with E-state index in [9.17, 15) is 4.79 Å². The molecule has 0 N–H and O–H groups in total. The van der Waals surface area contributed by atoms with Crippen molar-refractivity contribution in [3.05, 3.63) is 66.0 Å². The summed E-state index contributed by atoms with van der Waals surface area (Å²) >= 11 is 0. The van der Waals surface area contributed by atoms with Crippen LogP contribution in [0.15, 0.2) is 54.7 Å². The van der Waals surface area contributed by atoms with E-state index in [0.29, 0.717) is 5.92 Å². The maximum atomic E-state index is 11.6. The standard InChI is InChI=1S/C22H24N2O/c1-16-6-8-18(9-7-16)20-15-22(24-12-4-3-5-21(20)24)19-10-13-23(14-11-19)17(2)25/h3-9,12,15,19H,10-11,13-14H2,1-2H3. The summed E-state index contributed by atoms with van der Waals surface area (Å²) in [7, 11) is 0. The molecule has 25 heavy (non-hydrogen) atoms. The van der Waals surface area contributed by atoms with Gasteiger partial charge < -0.3 is 9.30 Å². The SMILES string of the molecule is CC(=O)N1CCC(c2cc(-c3ccc(C)cc3)c3ccccn23)CC1. The molecule has 1 amide bonds. The molecule has 0 bridgehead atoms. The van der Waals surface area contributed by atoms with E-state index in [4.69, 9.17) is 0 Å². The molecule has 1 aliphatic rings. The van der Waals surface area contributed by atoms with Crippen molar-refractivity contribution in [3.8, 4) is 11.1 Å². The first-order valence-corrected chi connectivity index (χ1v) is 9.06. The predicted molar refractivity (Wildman–Crippen MR) is 102 cm³/mol. The lowest BCUT2D eigenvalue weighted by atomic mass is 9.93. The summed E-state index contributed by atoms with van der Waals surface area (Å²) in [4.78, 5) is 13.6. The Labute approximate surface area is 148 Å². The summed E-state index contributed by atoms with van der Waals surface area (Å²) in [6.07, 6.45) is 4.24. The number of amides is 1. The van der Waals surface area contributed by atoms with E-state index >= 15 is 0 Å². The summed E-state index contributed by atoms with van der Waals surface area (Å²) in [5.74, 6) is 0.698. The minimum Gasteiger partial charge on any atom is -0.343 e. The Balaban J connectivity index is 1.73. The predicted octanol–water partition coefficient (Wildman–Crippen LogP) is 4.64. The van der Waals surface area contributed by atoms with E-state index in [1.807, 2.05) is 4.90 Å². The Morgan fingerprint density at radius 3 is 2.44 bits per heavy atom. The lowest BCUT2D eigenvalue weighted by Gasteiger charge is -2.31. The van der Waals surface area contributed by atoms with Crippen LogP contribution in [0, 0.1) is 6.92 Å². The zero-order valence-corrected chi connectivity index (χ0v) is 14.9. The average Bonchev–Trinajstić information content (AvgIpc) is 3.02. The third kappa shape index (κ3) is 2.95. The highest BCUT2D eigenvalue weighted by Crippen LogP contribution is 2.35. The first-order chi connectivity index (χ1) is 12.1. The number of benzene rings is 1. The summed E-state index contributed by atoms with van der Waals surface area (Å²) in [5, 5.41) is 0. The zero-order valence-electron chi connectivity index (χ0n) is 14.9. The molecule has 0 saturated carbocycles. The highest BCUT2D eigenvalue weighted by Gasteiger charge is 2.25. The maximum absolute atomic E-state index is 11.6. The molecule has 4 rings (SSSR count). The minimum absolute atomic E-state index is 0.193. The van der Waals surface area contributed by atoms with Crippen molar-refractivity contribution in [3.63, 3.8) is 0 Å². The number of hydrogen-bond donors (Lipinski definition) is 0. The van der Waals surface area contributed by atoms with Gasteiger partial charge in [-0.15, -0.1) is 0 Å². The Kier molecular flexibility index (Phi) is 4.08. The number of aryl methyl sites for hydroxylation is 1. The van der Waals surface area contributed by atoms with E-state index < -0.39 is 0 Å². The second kappa shape index (κ2) is 6.40. The molecule has 1 saturated heterocycles. The highest BCUT2D eigenvalue weighted by molar-refractivity contribution is 5.82. The molecule has 0 unspecified atom stereocenters. The van der Waals surface area contributed by atoms with Gasteiger partial charge in [-0.25, -0.2) is 0 Å². The van der Waals surface area contributed by atoms with Crippen LogP contribution in [-0.2, 0) is 4.79 Å². The van der Waals surface area contributed by atoms with Crippen LogP contribution < -0.4 is 0 Å². The van der Waals surface area contributed by atoms with Crippen molar-refractivity contribution in [1.29, 1.82) is 0 Å². The van der Waals surface area contributed by atoms with Crippen LogP contribution in [0.3, 0.4) is 0 Å². The van der Waals surface area contributed by atoms with Crippen molar-refractivity contribution in [2.45, 2.75) is 32.6 Å². The summed E-state index contributed by atoms with van der Waals surface area (Å²) in [6.45, 7) is 5.51. The van der Waals surface area contributed by atoms with Gasteiger partial charge in [-0.05, 0) is 43.5 Å². The molecule has 1 fully saturated rings. The Bertz CT molecular complexity index is 899. The van der Waals surface area contributed by atoms with Gasteiger partial charge in [0.15, 0.2) is 0 Å². The fourth-order valence-electron chi connectivity index (χ4n) is 3.95. The van der Waals surface area contributed by atoms with Gasteiger partial charge in [0, 0.05) is 43.4 Å². The van der Waals surface area contributed by atoms with Crippen LogP contribution in [0.4, 0.5) is 0 Å². The molecular weight excluding hydrogens is 308 g/mol. The number of rotatable bonds is 2. The number of carbonyl (C=O) groups excluding carboxylic acids is 1. The number of carbonyl (C=O) groups is 1. The molecule has 0 spiro atoms. The molecule has 3 nitrogen and oxygen atoms in total. The third-order valence-electron chi connectivity index (χ3n) is 5.43. The van der Waals surface area contributed by atoms with Gasteiger partial charge >= 0.3 is 0 Å². The first kappa shape index (κ1) is 15.9. The molecule has 1 aliphatic heterocycles. The summed E-state index contributed by atoms with van der Waals surface area (Å²) < 4.78 is 2.34. The van der Waals surface area contributed by atoms with Crippen molar-refractivity contribution in [1.82, 2.24) is 9.30 Å². The fourth-order valence-corrected chi connectivity index (χ4v) is 3.95. The van der Waals surface area contributed by atoms with Gasteiger partial charge in [-0.3, -0.25) is 4.79 Å². The van der Waals surface area contributed by atoms with Crippen molar-refractivity contribution in [2.24, 2.45) is 0 Å². The molecule has 3 heteroatoms. The molecule has 128 valence electrons. The van der Waals surface area contributed by atoms with Gasteiger partial charge in [-0.1, -0.05) is 35.9 Å². The number of aromatic nitrogens is 1. The number of hydrogen-bond acceptors (Lipinski definition) is 1. The minimum atomic E-state index is 0.193. The van der Waals surface area contributed by atoms with E-state index in [-0.39, 0.29) is 5.91 Å². The zero-order chi connectivity index (χ0) is 17.4. The molecule has 0 aliphatic carbocycles. The Morgan fingerprint density at radius 1 is 1.04 bits per heavy atom. The molecule has 0 atom stereocenters. The number of pyridine rings is 1. The van der Waals surface area contributed by atoms with Gasteiger partial charge in [0.2, 0.25) is 5.91 Å². The van der Waals surface area contributed by atoms with E-state index in [2.05, 4.69) is 66.1 Å². The van der Waals surface area contributed by atoms with Crippen LogP contribution in [-0.4, -0.2) is 28.3 Å². The Morgan fingerprint density at radius 2 is 1.76 bits per heavy atom. The highest BCUT2D eigenvalue weighted by atomic mass is 16.2. The normalized spacial score (nSPS) is 15.7. The quantitative estimate of drug-likeness (QED) is 0.671. The summed E-state index contributed by atoms with van der Waals surface area (Å²) in [5.41, 5.74) is 6.47. The molecule has 2 aromatic heterocycles. The summed E-state index contributed by atoms with van der Waals surface area (Å²) in [6, 6.07) is 17.5. The molecule has 3 heterocycles. The van der Waals surface area contributed by atoms with Gasteiger partial charge in [0.25, 0.3) is 0 Å². The van der Waals surface area contributed by atoms with Crippen LogP contribution in [0.1, 0.15) is 36.9 Å². The lowest BCUT2D eigenvalue weighted by molar-refractivity contribution is -0.129. The topological polar surface area (TPSA) is 24.7 Å². The monoisotopic (exact) mass is 332 g/mol. The smallest absolute Gasteiger partial charge is 0.219 e. The number of fused-ring (bicyclic) bond motifs is 1. The van der Waals surface area contributed by atoms with E-state index in [1.54, 1.807) is 6.92 Å². The maximum Gasteiger partial charge on any atom is 0.219 e. The van der Waals surface area contributed by atoms with Crippen molar-refractivity contribution >= 4 is 11.4 Å². The first-order valence-electron chi connectivity index (χ1n) is 9.06. The van der Waals surface area contributed by atoms with Gasteiger partial charge in [0.1, 0.15) is 0 Å². The average molecular weight is 332 g/mol. The second-order valence-corrected chi connectivity index (χ2v) is 7.09. The molecule has 1 aromatic carbocycles. The van der Waals surface area contributed by atoms with Crippen LogP contribution in [0.5, 0.6) is 0 Å². The van der Waals surface area contributed by atoms with Crippen LogP contribution >= 0.6 is 0 Å². The van der Waals surface area contributed by atoms with Crippen molar-refractivity contribution < 1.29 is 4.79 Å². The third-order valence-corrected chi connectivity index (χ3v) is 5.43. The Hall–Kier alpha value is -2.55. The van der Waals surface area contributed by atoms with Gasteiger partial charge in [-0.2, -0.15) is 0 Å². The second-order valence-electron chi connectivity index (χ2n) is 7.09. The molecule has 3 aromatic rings. The van der Waals surface area contributed by atoms with E-state index in [1.165, 1.54) is 27.9 Å². The number of likely N-dealkylation sites (tertiary alicyclic amines) is 1. The molecule has 0 radical (unpaired) electrons. The van der Waals surface area contributed by atoms with Crippen LogP contribution in [0.25, 0.3) is 16.6 Å². The van der Waals surface area contributed by atoms with Gasteiger partial charge in [0.05, 0.1) is 5.52 Å². The number of nitrogens with zero attached hydrogens (tertiary/aromatic N) is 2. The van der Waals surface area contributed by atoms with Crippen molar-refractivity contribution in [2.75, 3.05) is 13.1 Å². The van der Waals surface area contributed by atoms with Crippen LogP contribution in [0.2, 0.25) is 0 Å².